The molecule has 0 aromatic carbocycles. The van der Waals surface area contributed by atoms with E-state index in [2.05, 4.69) is 19.1 Å². The van der Waals surface area contributed by atoms with E-state index in [1.807, 2.05) is 0 Å². The maximum absolute atomic E-state index is 10.7. The van der Waals surface area contributed by atoms with Crippen molar-refractivity contribution in [3.63, 3.8) is 0 Å². The lowest BCUT2D eigenvalue weighted by atomic mass is 10.0. The normalized spacial score (nSPS) is 12.9. The average molecular weight is 270 g/mol. The molecule has 19 heavy (non-hydrogen) atoms. The zero-order valence-electron chi connectivity index (χ0n) is 12.3. The Balaban J connectivity index is 3.29. The van der Waals surface area contributed by atoms with Crippen molar-refractivity contribution in [2.24, 2.45) is 5.92 Å². The number of aliphatic carboxylic acids is 1. The maximum atomic E-state index is 10.7. The Morgan fingerprint density at radius 3 is 2.11 bits per heavy atom. The molecule has 3 nitrogen and oxygen atoms in total. The number of carboxylic acids is 1. The summed E-state index contributed by atoms with van der Waals surface area (Å²) >= 11 is 0. The molecular weight excluding hydrogens is 240 g/mol. The number of hydrogen-bond donors (Lipinski definition) is 2. The smallest absolute Gasteiger partial charge is 0.308 e. The molecule has 0 aliphatic rings. The minimum atomic E-state index is -0.877. The van der Waals surface area contributed by atoms with Gasteiger partial charge in [-0.3, -0.25) is 4.79 Å². The lowest BCUT2D eigenvalue weighted by Gasteiger charge is -2.07. The van der Waals surface area contributed by atoms with Gasteiger partial charge in [-0.2, -0.15) is 0 Å². The molecule has 0 radical (unpaired) electrons. The second-order valence-electron chi connectivity index (χ2n) is 5.18. The zero-order valence-corrected chi connectivity index (χ0v) is 12.3. The molecule has 0 fully saturated rings. The fourth-order valence-corrected chi connectivity index (χ4v) is 2.05. The predicted molar refractivity (Wildman–Crippen MR) is 79.2 cm³/mol. The van der Waals surface area contributed by atoms with Gasteiger partial charge in [0.25, 0.3) is 0 Å². The van der Waals surface area contributed by atoms with Crippen LogP contribution in [0.15, 0.2) is 12.2 Å². The van der Waals surface area contributed by atoms with Crippen LogP contribution in [0.5, 0.6) is 0 Å². The number of aliphatic hydroxyl groups excluding tert-OH is 1. The van der Waals surface area contributed by atoms with Crippen LogP contribution in [0.25, 0.3) is 0 Å². The van der Waals surface area contributed by atoms with Crippen LogP contribution in [0.1, 0.15) is 71.1 Å². The van der Waals surface area contributed by atoms with Crippen LogP contribution in [0, 0.1) is 5.92 Å². The minimum Gasteiger partial charge on any atom is -0.481 e. The Bertz CT molecular complexity index is 236. The number of unbranched alkanes of at least 4 members (excludes halogenated alkanes) is 7. The molecule has 112 valence electrons. The SMILES string of the molecule is CCCCCC=CCCCCCCC(CO)C(=O)O. The Morgan fingerprint density at radius 1 is 1.00 bits per heavy atom. The number of carbonyl (C=O) groups is 1. The summed E-state index contributed by atoms with van der Waals surface area (Å²) in [5.41, 5.74) is 0. The Labute approximate surface area is 117 Å². The van der Waals surface area contributed by atoms with Crippen molar-refractivity contribution >= 4 is 5.97 Å². The van der Waals surface area contributed by atoms with Gasteiger partial charge in [-0.25, -0.2) is 0 Å². The molecule has 0 aliphatic carbocycles. The molecule has 0 heterocycles. The van der Waals surface area contributed by atoms with Crippen LogP contribution in [0.2, 0.25) is 0 Å². The molecule has 0 saturated carbocycles. The highest BCUT2D eigenvalue weighted by atomic mass is 16.4. The van der Waals surface area contributed by atoms with Crippen LogP contribution < -0.4 is 0 Å². The molecule has 0 aliphatic heterocycles. The van der Waals surface area contributed by atoms with Crippen molar-refractivity contribution in [1.29, 1.82) is 0 Å². The third-order valence-corrected chi connectivity index (χ3v) is 3.38. The van der Waals surface area contributed by atoms with Gasteiger partial charge in [-0.05, 0) is 32.1 Å². The van der Waals surface area contributed by atoms with Gasteiger partial charge in [0.15, 0.2) is 0 Å². The summed E-state index contributed by atoms with van der Waals surface area (Å²) in [5.74, 6) is -1.45. The molecule has 0 aromatic rings. The van der Waals surface area contributed by atoms with Crippen molar-refractivity contribution in [3.05, 3.63) is 12.2 Å². The summed E-state index contributed by atoms with van der Waals surface area (Å²) in [7, 11) is 0. The quantitative estimate of drug-likeness (QED) is 0.390. The first-order valence-electron chi connectivity index (χ1n) is 7.71. The van der Waals surface area contributed by atoms with E-state index in [4.69, 9.17) is 10.2 Å². The first-order chi connectivity index (χ1) is 9.22. The van der Waals surface area contributed by atoms with Gasteiger partial charge in [0.05, 0.1) is 12.5 Å². The molecule has 1 unspecified atom stereocenters. The van der Waals surface area contributed by atoms with Gasteiger partial charge in [0.1, 0.15) is 0 Å². The van der Waals surface area contributed by atoms with Crippen LogP contribution in [0.3, 0.4) is 0 Å². The van der Waals surface area contributed by atoms with E-state index >= 15 is 0 Å². The van der Waals surface area contributed by atoms with Crippen LogP contribution in [-0.4, -0.2) is 22.8 Å². The van der Waals surface area contributed by atoms with Crippen LogP contribution in [-0.2, 0) is 4.79 Å². The van der Waals surface area contributed by atoms with E-state index in [0.29, 0.717) is 6.42 Å². The van der Waals surface area contributed by atoms with Gasteiger partial charge in [0.2, 0.25) is 0 Å². The van der Waals surface area contributed by atoms with E-state index in [1.54, 1.807) is 0 Å². The Kier molecular flexibility index (Phi) is 13.0. The molecule has 0 saturated heterocycles. The highest BCUT2D eigenvalue weighted by Gasteiger charge is 2.14. The largest absolute Gasteiger partial charge is 0.481 e. The van der Waals surface area contributed by atoms with Crippen molar-refractivity contribution < 1.29 is 15.0 Å². The third-order valence-electron chi connectivity index (χ3n) is 3.38. The number of hydrogen-bond acceptors (Lipinski definition) is 2. The number of aliphatic hydroxyl groups is 1. The second kappa shape index (κ2) is 13.6. The second-order valence-corrected chi connectivity index (χ2v) is 5.18. The fourth-order valence-electron chi connectivity index (χ4n) is 2.05. The zero-order chi connectivity index (χ0) is 14.3. The maximum Gasteiger partial charge on any atom is 0.308 e. The van der Waals surface area contributed by atoms with Crippen molar-refractivity contribution in [2.45, 2.75) is 71.1 Å². The molecule has 0 amide bonds. The van der Waals surface area contributed by atoms with Gasteiger partial charge >= 0.3 is 5.97 Å². The number of carboxylic acid groups (broad SMARTS) is 1. The monoisotopic (exact) mass is 270 g/mol. The highest BCUT2D eigenvalue weighted by Crippen LogP contribution is 2.12. The molecule has 0 rings (SSSR count). The Morgan fingerprint density at radius 2 is 1.58 bits per heavy atom. The lowest BCUT2D eigenvalue weighted by molar-refractivity contribution is -0.143. The molecule has 0 aromatic heterocycles. The van der Waals surface area contributed by atoms with E-state index < -0.39 is 11.9 Å². The van der Waals surface area contributed by atoms with Crippen LogP contribution >= 0.6 is 0 Å². The van der Waals surface area contributed by atoms with Gasteiger partial charge in [-0.1, -0.05) is 51.2 Å². The molecule has 0 bridgehead atoms. The summed E-state index contributed by atoms with van der Waals surface area (Å²) in [5, 5.41) is 17.6. The molecule has 2 N–H and O–H groups in total. The van der Waals surface area contributed by atoms with Crippen molar-refractivity contribution in [3.8, 4) is 0 Å². The first-order valence-corrected chi connectivity index (χ1v) is 7.71. The summed E-state index contributed by atoms with van der Waals surface area (Å²) in [6.45, 7) is 1.98. The van der Waals surface area contributed by atoms with Crippen molar-refractivity contribution in [2.75, 3.05) is 6.61 Å². The predicted octanol–water partition coefficient (Wildman–Crippen LogP) is 4.16. The van der Waals surface area contributed by atoms with E-state index in [0.717, 1.165) is 25.7 Å². The van der Waals surface area contributed by atoms with E-state index in [-0.39, 0.29) is 6.61 Å². The van der Waals surface area contributed by atoms with Gasteiger partial charge in [-0.15, -0.1) is 0 Å². The molecule has 0 spiro atoms. The van der Waals surface area contributed by atoms with Gasteiger partial charge < -0.3 is 10.2 Å². The summed E-state index contributed by atoms with van der Waals surface area (Å²) in [6.07, 6.45) is 15.7. The topological polar surface area (TPSA) is 57.5 Å². The minimum absolute atomic E-state index is 0.240. The van der Waals surface area contributed by atoms with Gasteiger partial charge in [0, 0.05) is 0 Å². The molecular formula is C16H30O3. The Hall–Kier alpha value is -0.830. The lowest BCUT2D eigenvalue weighted by Crippen LogP contribution is -2.17. The first kappa shape index (κ1) is 18.2. The summed E-state index contributed by atoms with van der Waals surface area (Å²) in [6, 6.07) is 0. The number of rotatable bonds is 13. The number of allylic oxidation sites excluding steroid dienone is 2. The summed E-state index contributed by atoms with van der Waals surface area (Å²) in [4.78, 5) is 10.7. The van der Waals surface area contributed by atoms with E-state index in [9.17, 15) is 4.79 Å². The third kappa shape index (κ3) is 12.0. The van der Waals surface area contributed by atoms with Crippen LogP contribution in [0.4, 0.5) is 0 Å². The van der Waals surface area contributed by atoms with Crippen molar-refractivity contribution in [1.82, 2.24) is 0 Å². The molecule has 1 atom stereocenters. The summed E-state index contributed by atoms with van der Waals surface area (Å²) < 4.78 is 0. The molecule has 3 heteroatoms. The fraction of sp³-hybridized carbons (Fsp3) is 0.812. The average Bonchev–Trinajstić information content (AvgIpc) is 2.40. The standard InChI is InChI=1S/C16H30O3/c1-2-3-4-5-6-7-8-9-10-11-12-13-15(14-17)16(18)19/h6-7,15,17H,2-5,8-14H2,1H3,(H,18,19). The van der Waals surface area contributed by atoms with E-state index in [1.165, 1.54) is 32.1 Å². The highest BCUT2D eigenvalue weighted by molar-refractivity contribution is 5.69.